The summed E-state index contributed by atoms with van der Waals surface area (Å²) in [5.74, 6) is -1.38. The number of carbonyl (C=O) groups excluding carboxylic acids is 1. The molecular formula is C10H14N2O6S. The number of aliphatic carboxylic acids is 1. The summed E-state index contributed by atoms with van der Waals surface area (Å²) in [6.45, 7) is 0.152. The average Bonchev–Trinajstić information content (AvgIpc) is 2.86. The molecule has 2 rings (SSSR count). The number of sulfone groups is 1. The lowest BCUT2D eigenvalue weighted by Crippen LogP contribution is -2.59. The first-order valence-corrected chi connectivity index (χ1v) is 7.35. The molecule has 0 aromatic heterocycles. The summed E-state index contributed by atoms with van der Waals surface area (Å²) in [6, 6.07) is -1.36. The zero-order chi connectivity index (χ0) is 14.1. The number of amides is 2. The van der Waals surface area contributed by atoms with Gasteiger partial charge in [-0.15, -0.1) is 0 Å². The first-order chi connectivity index (χ1) is 8.83. The minimum Gasteiger partial charge on any atom is -0.479 e. The second-order valence-electron chi connectivity index (χ2n) is 4.55. The highest BCUT2D eigenvalue weighted by atomic mass is 32.2. The maximum atomic E-state index is 11.7. The van der Waals surface area contributed by atoms with Gasteiger partial charge in [0.15, 0.2) is 15.4 Å². The number of carbonyl (C=O) groups is 2. The van der Waals surface area contributed by atoms with Gasteiger partial charge >= 0.3 is 12.0 Å². The van der Waals surface area contributed by atoms with Crippen molar-refractivity contribution in [3.63, 3.8) is 0 Å². The number of nitrogens with one attached hydrogen (secondary N) is 2. The number of rotatable bonds is 3. The van der Waals surface area contributed by atoms with Crippen LogP contribution in [0.2, 0.25) is 0 Å². The fraction of sp³-hybridized carbons (Fsp3) is 0.600. The molecule has 2 unspecified atom stereocenters. The van der Waals surface area contributed by atoms with Gasteiger partial charge in [0, 0.05) is 18.4 Å². The van der Waals surface area contributed by atoms with Gasteiger partial charge in [-0.25, -0.2) is 18.0 Å². The van der Waals surface area contributed by atoms with E-state index in [2.05, 4.69) is 10.6 Å². The summed E-state index contributed by atoms with van der Waals surface area (Å²) in [5, 5.41) is 14.9. The van der Waals surface area contributed by atoms with Gasteiger partial charge in [0.2, 0.25) is 0 Å². The number of hydrogen-bond acceptors (Lipinski definition) is 5. The molecule has 19 heavy (non-hydrogen) atoms. The summed E-state index contributed by atoms with van der Waals surface area (Å²) in [6.07, 6.45) is 1.53. The van der Waals surface area contributed by atoms with Crippen molar-refractivity contribution in [3.8, 4) is 0 Å². The fourth-order valence-corrected chi connectivity index (χ4v) is 3.21. The molecule has 0 aromatic carbocycles. The van der Waals surface area contributed by atoms with Gasteiger partial charge in [0.25, 0.3) is 0 Å². The summed E-state index contributed by atoms with van der Waals surface area (Å²) in [5.41, 5.74) is -1.44. The molecule has 2 aliphatic rings. The lowest BCUT2D eigenvalue weighted by atomic mass is 9.99. The minimum atomic E-state index is -3.26. The molecule has 2 aliphatic heterocycles. The molecule has 2 heterocycles. The number of ether oxygens (including phenoxy) is 1. The second kappa shape index (κ2) is 4.82. The molecule has 9 heteroatoms. The van der Waals surface area contributed by atoms with Crippen molar-refractivity contribution in [1.82, 2.24) is 10.6 Å². The number of hydrogen-bond donors (Lipinski definition) is 3. The summed E-state index contributed by atoms with van der Waals surface area (Å²) in [7, 11) is -3.26. The molecule has 1 saturated heterocycles. The number of carboxylic acids is 1. The zero-order valence-corrected chi connectivity index (χ0v) is 10.8. The topological polar surface area (TPSA) is 122 Å². The van der Waals surface area contributed by atoms with E-state index < -0.39 is 33.4 Å². The number of urea groups is 1. The van der Waals surface area contributed by atoms with E-state index in [1.54, 1.807) is 0 Å². The predicted octanol–water partition coefficient (Wildman–Crippen LogP) is -1.16. The molecule has 1 fully saturated rings. The Morgan fingerprint density at radius 1 is 1.42 bits per heavy atom. The molecule has 2 atom stereocenters. The molecule has 0 aromatic rings. The lowest BCUT2D eigenvalue weighted by molar-refractivity contribution is -0.144. The first kappa shape index (κ1) is 13.8. The predicted molar refractivity (Wildman–Crippen MR) is 64.2 cm³/mol. The van der Waals surface area contributed by atoms with Gasteiger partial charge in [0.1, 0.15) is 0 Å². The van der Waals surface area contributed by atoms with Crippen LogP contribution < -0.4 is 10.6 Å². The molecule has 3 N–H and O–H groups in total. The van der Waals surface area contributed by atoms with Crippen LogP contribution in [0.4, 0.5) is 4.79 Å². The quantitative estimate of drug-likeness (QED) is 0.602. The van der Waals surface area contributed by atoms with Crippen molar-refractivity contribution >= 4 is 21.8 Å². The van der Waals surface area contributed by atoms with E-state index in [4.69, 9.17) is 9.84 Å². The van der Waals surface area contributed by atoms with Gasteiger partial charge in [0.05, 0.1) is 18.4 Å². The molecule has 106 valence electrons. The highest BCUT2D eigenvalue weighted by molar-refractivity contribution is 7.94. The van der Waals surface area contributed by atoms with Crippen molar-refractivity contribution < 1.29 is 27.9 Å². The van der Waals surface area contributed by atoms with Crippen molar-refractivity contribution in [2.45, 2.75) is 18.0 Å². The lowest BCUT2D eigenvalue weighted by Gasteiger charge is -2.24. The summed E-state index contributed by atoms with van der Waals surface area (Å²) in [4.78, 5) is 22.9. The maximum Gasteiger partial charge on any atom is 0.332 e. The molecule has 0 aliphatic carbocycles. The van der Waals surface area contributed by atoms with Gasteiger partial charge in [-0.2, -0.15) is 0 Å². The molecule has 8 nitrogen and oxygen atoms in total. The van der Waals surface area contributed by atoms with Gasteiger partial charge in [-0.1, -0.05) is 0 Å². The summed E-state index contributed by atoms with van der Waals surface area (Å²) < 4.78 is 27.3. The third-order valence-corrected chi connectivity index (χ3v) is 4.43. The van der Waals surface area contributed by atoms with E-state index in [9.17, 15) is 18.0 Å². The third-order valence-electron chi connectivity index (χ3n) is 3.03. The monoisotopic (exact) mass is 290 g/mol. The Bertz CT molecular complexity index is 520. The highest BCUT2D eigenvalue weighted by Crippen LogP contribution is 2.19. The molecule has 0 radical (unpaired) electrons. The van der Waals surface area contributed by atoms with E-state index in [-0.39, 0.29) is 25.4 Å². The van der Waals surface area contributed by atoms with Crippen LogP contribution in [0.25, 0.3) is 0 Å². The van der Waals surface area contributed by atoms with Crippen LogP contribution in [0.15, 0.2) is 11.5 Å². The summed E-state index contributed by atoms with van der Waals surface area (Å²) >= 11 is 0. The van der Waals surface area contributed by atoms with Crippen LogP contribution in [-0.4, -0.2) is 56.1 Å². The molecule has 2 amide bonds. The highest BCUT2D eigenvalue weighted by Gasteiger charge is 2.44. The zero-order valence-electron chi connectivity index (χ0n) is 9.96. The van der Waals surface area contributed by atoms with Crippen molar-refractivity contribution in [2.24, 2.45) is 0 Å². The Hall–Kier alpha value is -1.61. The van der Waals surface area contributed by atoms with Crippen LogP contribution >= 0.6 is 0 Å². The van der Waals surface area contributed by atoms with Crippen LogP contribution in [-0.2, 0) is 19.4 Å². The van der Waals surface area contributed by atoms with E-state index >= 15 is 0 Å². The van der Waals surface area contributed by atoms with E-state index in [1.165, 1.54) is 6.08 Å². The molecular weight excluding hydrogens is 276 g/mol. The fourth-order valence-electron chi connectivity index (χ4n) is 1.97. The van der Waals surface area contributed by atoms with E-state index in [0.29, 0.717) is 0 Å². The Morgan fingerprint density at radius 2 is 2.16 bits per heavy atom. The largest absolute Gasteiger partial charge is 0.479 e. The standard InChI is InChI=1S/C10H14N2O6S/c13-8(14)10(2-3-18-6-10)12-9(15)11-7-1-4-19(16,17)5-7/h1,4,7H,2-3,5-6H2,(H,13,14)(H2,11,12,15). The maximum absolute atomic E-state index is 11.7. The van der Waals surface area contributed by atoms with Crippen LogP contribution in [0.3, 0.4) is 0 Å². The second-order valence-corrected chi connectivity index (χ2v) is 6.48. The van der Waals surface area contributed by atoms with Crippen molar-refractivity contribution in [2.75, 3.05) is 19.0 Å². The smallest absolute Gasteiger partial charge is 0.332 e. The van der Waals surface area contributed by atoms with Crippen molar-refractivity contribution in [1.29, 1.82) is 0 Å². The first-order valence-electron chi connectivity index (χ1n) is 5.64. The molecule has 0 bridgehead atoms. The van der Waals surface area contributed by atoms with Gasteiger partial charge in [-0.3, -0.25) is 0 Å². The number of carboxylic acid groups (broad SMARTS) is 1. The SMILES string of the molecule is O=C(NC1C=CS(=O)(=O)C1)NC1(C(=O)O)CCOC1. The van der Waals surface area contributed by atoms with E-state index in [0.717, 1.165) is 5.41 Å². The van der Waals surface area contributed by atoms with Crippen molar-refractivity contribution in [3.05, 3.63) is 11.5 Å². The van der Waals surface area contributed by atoms with Crippen LogP contribution in [0, 0.1) is 0 Å². The Morgan fingerprint density at radius 3 is 2.63 bits per heavy atom. The molecule has 0 spiro atoms. The van der Waals surface area contributed by atoms with Gasteiger partial charge < -0.3 is 20.5 Å². The van der Waals surface area contributed by atoms with Crippen LogP contribution in [0.5, 0.6) is 0 Å². The Kier molecular flexibility index (Phi) is 3.50. The molecule has 0 saturated carbocycles. The Labute approximate surface area is 109 Å². The van der Waals surface area contributed by atoms with Gasteiger partial charge in [-0.05, 0) is 6.08 Å². The average molecular weight is 290 g/mol. The third kappa shape index (κ3) is 3.04. The van der Waals surface area contributed by atoms with Crippen LogP contribution in [0.1, 0.15) is 6.42 Å². The normalized spacial score (nSPS) is 32.1. The minimum absolute atomic E-state index is 0.103. The van der Waals surface area contributed by atoms with E-state index in [1.807, 2.05) is 0 Å². The Balaban J connectivity index is 1.94.